The zero-order chi connectivity index (χ0) is 27.0. The number of aryl methyl sites for hydroxylation is 2. The van der Waals surface area contributed by atoms with Crippen LogP contribution in [0.1, 0.15) is 47.9 Å². The third-order valence-corrected chi connectivity index (χ3v) is 8.48. The van der Waals surface area contributed by atoms with Gasteiger partial charge in [0.15, 0.2) is 15.5 Å². The Bertz CT molecular complexity index is 1660. The maximum absolute atomic E-state index is 13.7. The van der Waals surface area contributed by atoms with E-state index in [-0.39, 0.29) is 29.4 Å². The van der Waals surface area contributed by atoms with Crippen molar-refractivity contribution in [3.8, 4) is 11.3 Å². The van der Waals surface area contributed by atoms with E-state index in [1.807, 2.05) is 24.3 Å². The number of sulfone groups is 1. The van der Waals surface area contributed by atoms with Gasteiger partial charge in [0.05, 0.1) is 39.9 Å². The molecule has 1 unspecified atom stereocenters. The quantitative estimate of drug-likeness (QED) is 0.377. The molecule has 2 aromatic carbocycles. The third-order valence-electron chi connectivity index (χ3n) is 6.73. The number of fused-ring (bicyclic) bond motifs is 1. The number of benzene rings is 2. The molecule has 4 aromatic rings. The van der Waals surface area contributed by atoms with Crippen molar-refractivity contribution in [2.45, 2.75) is 39.7 Å². The molecule has 1 aliphatic heterocycles. The highest BCUT2D eigenvalue weighted by molar-refractivity contribution is 7.91. The van der Waals surface area contributed by atoms with E-state index in [2.05, 4.69) is 22.7 Å². The molecule has 0 spiro atoms. The van der Waals surface area contributed by atoms with Crippen molar-refractivity contribution in [3.63, 3.8) is 0 Å². The minimum Gasteiger partial charge on any atom is -0.326 e. The summed E-state index contributed by atoms with van der Waals surface area (Å²) in [5, 5.41) is 10.9. The van der Waals surface area contributed by atoms with Crippen LogP contribution >= 0.6 is 0 Å². The molecular formula is C28H29N5O4S. The van der Waals surface area contributed by atoms with Gasteiger partial charge in [0, 0.05) is 23.9 Å². The Balaban J connectivity index is 1.62. The van der Waals surface area contributed by atoms with Crippen LogP contribution < -0.4 is 10.6 Å². The van der Waals surface area contributed by atoms with Gasteiger partial charge < -0.3 is 10.6 Å². The predicted octanol–water partition coefficient (Wildman–Crippen LogP) is 4.54. The van der Waals surface area contributed by atoms with E-state index in [0.29, 0.717) is 45.8 Å². The standard InChI is InChI=1S/C28H29N5O4S/c1-4-19-8-10-20(11-9-19)25-15-24(28(35)30-22-7-5-6-21(14-22)29-18(3)34)26-17(2)32-33(27(26)31-25)23-12-13-38(36,37)16-23/h5-11,14-15,23H,4,12-13,16H2,1-3H3,(H,29,34)(H,30,35). The van der Waals surface area contributed by atoms with E-state index in [0.717, 1.165) is 12.0 Å². The Kier molecular flexibility index (Phi) is 6.75. The molecule has 0 saturated carbocycles. The summed E-state index contributed by atoms with van der Waals surface area (Å²) in [6.07, 6.45) is 1.35. The van der Waals surface area contributed by atoms with E-state index < -0.39 is 9.84 Å². The number of carbonyl (C=O) groups is 2. The molecular weight excluding hydrogens is 502 g/mol. The lowest BCUT2D eigenvalue weighted by atomic mass is 10.0. The van der Waals surface area contributed by atoms with Crippen molar-refractivity contribution < 1.29 is 18.0 Å². The first-order chi connectivity index (χ1) is 18.1. The third kappa shape index (κ3) is 5.17. The summed E-state index contributed by atoms with van der Waals surface area (Å²) in [6, 6.07) is 16.3. The lowest BCUT2D eigenvalue weighted by Gasteiger charge is -2.13. The largest absolute Gasteiger partial charge is 0.326 e. The first-order valence-electron chi connectivity index (χ1n) is 12.5. The van der Waals surface area contributed by atoms with Crippen LogP contribution in [0.4, 0.5) is 11.4 Å². The van der Waals surface area contributed by atoms with Gasteiger partial charge in [-0.2, -0.15) is 5.10 Å². The number of hydrogen-bond donors (Lipinski definition) is 2. The minimum atomic E-state index is -3.15. The van der Waals surface area contributed by atoms with Gasteiger partial charge in [-0.25, -0.2) is 18.1 Å². The van der Waals surface area contributed by atoms with Gasteiger partial charge in [-0.15, -0.1) is 0 Å². The van der Waals surface area contributed by atoms with Crippen molar-refractivity contribution >= 4 is 44.1 Å². The Labute approximate surface area is 221 Å². The molecule has 2 amide bonds. The highest BCUT2D eigenvalue weighted by Crippen LogP contribution is 2.32. The molecule has 10 heteroatoms. The zero-order valence-electron chi connectivity index (χ0n) is 21.5. The summed E-state index contributed by atoms with van der Waals surface area (Å²) < 4.78 is 26.1. The minimum absolute atomic E-state index is 0.00219. The first-order valence-corrected chi connectivity index (χ1v) is 14.3. The number of pyridine rings is 1. The molecule has 0 radical (unpaired) electrons. The number of hydrogen-bond acceptors (Lipinski definition) is 6. The molecule has 2 aromatic heterocycles. The molecule has 1 saturated heterocycles. The summed E-state index contributed by atoms with van der Waals surface area (Å²) in [5.74, 6) is -0.461. The molecule has 0 aliphatic carbocycles. The van der Waals surface area contributed by atoms with Gasteiger partial charge in [0.1, 0.15) is 0 Å². The highest BCUT2D eigenvalue weighted by Gasteiger charge is 2.32. The second-order valence-electron chi connectivity index (χ2n) is 9.61. The zero-order valence-corrected chi connectivity index (χ0v) is 22.3. The van der Waals surface area contributed by atoms with E-state index in [1.165, 1.54) is 12.5 Å². The van der Waals surface area contributed by atoms with Crippen LogP contribution in [0.5, 0.6) is 0 Å². The van der Waals surface area contributed by atoms with Crippen molar-refractivity contribution in [1.82, 2.24) is 14.8 Å². The molecule has 5 rings (SSSR count). The fourth-order valence-electron chi connectivity index (χ4n) is 4.85. The average molecular weight is 532 g/mol. The van der Waals surface area contributed by atoms with Crippen LogP contribution in [0.3, 0.4) is 0 Å². The monoisotopic (exact) mass is 531 g/mol. The maximum Gasteiger partial charge on any atom is 0.256 e. The first kappa shape index (κ1) is 25.6. The Morgan fingerprint density at radius 2 is 1.76 bits per heavy atom. The fraction of sp³-hybridized carbons (Fsp3) is 0.286. The number of amides is 2. The van der Waals surface area contributed by atoms with E-state index in [4.69, 9.17) is 4.98 Å². The van der Waals surface area contributed by atoms with E-state index >= 15 is 0 Å². The number of carbonyl (C=O) groups excluding carboxylic acids is 2. The lowest BCUT2D eigenvalue weighted by Crippen LogP contribution is -2.15. The highest BCUT2D eigenvalue weighted by atomic mass is 32.2. The topological polar surface area (TPSA) is 123 Å². The number of anilines is 2. The van der Waals surface area contributed by atoms with Crippen LogP contribution in [0, 0.1) is 6.92 Å². The molecule has 9 nitrogen and oxygen atoms in total. The molecule has 0 bridgehead atoms. The molecule has 1 fully saturated rings. The smallest absolute Gasteiger partial charge is 0.256 e. The van der Waals surface area contributed by atoms with Gasteiger partial charge in [-0.3, -0.25) is 9.59 Å². The number of rotatable bonds is 6. The van der Waals surface area contributed by atoms with Crippen molar-refractivity contribution in [2.24, 2.45) is 0 Å². The van der Waals surface area contributed by atoms with Crippen LogP contribution in [0.15, 0.2) is 54.6 Å². The molecule has 1 atom stereocenters. The van der Waals surface area contributed by atoms with Crippen molar-refractivity contribution in [2.75, 3.05) is 22.1 Å². The number of nitrogens with zero attached hydrogens (tertiary/aromatic N) is 3. The summed E-state index contributed by atoms with van der Waals surface area (Å²) in [7, 11) is -3.15. The van der Waals surface area contributed by atoms with Gasteiger partial charge in [-0.1, -0.05) is 37.3 Å². The molecule has 3 heterocycles. The average Bonchev–Trinajstić information content (AvgIpc) is 3.41. The number of nitrogens with one attached hydrogen (secondary N) is 2. The van der Waals surface area contributed by atoms with Gasteiger partial charge >= 0.3 is 0 Å². The second-order valence-corrected chi connectivity index (χ2v) is 11.8. The van der Waals surface area contributed by atoms with E-state index in [9.17, 15) is 18.0 Å². The summed E-state index contributed by atoms with van der Waals surface area (Å²) in [4.78, 5) is 30.0. The van der Waals surface area contributed by atoms with Gasteiger partial charge in [-0.05, 0) is 49.6 Å². The summed E-state index contributed by atoms with van der Waals surface area (Å²) in [6.45, 7) is 5.30. The van der Waals surface area contributed by atoms with Crippen LogP contribution in [0.25, 0.3) is 22.3 Å². The number of aromatic nitrogens is 3. The summed E-state index contributed by atoms with van der Waals surface area (Å²) >= 11 is 0. The second kappa shape index (κ2) is 10.0. The SMILES string of the molecule is CCc1ccc(-c2cc(C(=O)Nc3cccc(NC(C)=O)c3)c3c(C)nn(C4CCS(=O)(=O)C4)c3n2)cc1. The van der Waals surface area contributed by atoms with Gasteiger partial charge in [0.25, 0.3) is 5.91 Å². The summed E-state index contributed by atoms with van der Waals surface area (Å²) in [5.41, 5.74) is 5.18. The Morgan fingerprint density at radius 3 is 2.39 bits per heavy atom. The van der Waals surface area contributed by atoms with Crippen LogP contribution in [-0.4, -0.2) is 46.5 Å². The van der Waals surface area contributed by atoms with Crippen LogP contribution in [0.2, 0.25) is 0 Å². The fourth-order valence-corrected chi connectivity index (χ4v) is 6.54. The molecule has 196 valence electrons. The molecule has 38 heavy (non-hydrogen) atoms. The van der Waals surface area contributed by atoms with E-state index in [1.54, 1.807) is 41.9 Å². The Hall–Kier alpha value is -4.05. The predicted molar refractivity (Wildman–Crippen MR) is 148 cm³/mol. The maximum atomic E-state index is 13.7. The normalized spacial score (nSPS) is 16.4. The van der Waals surface area contributed by atoms with Gasteiger partial charge in [0.2, 0.25) is 5.91 Å². The Morgan fingerprint density at radius 1 is 1.05 bits per heavy atom. The lowest BCUT2D eigenvalue weighted by molar-refractivity contribution is -0.114. The van der Waals surface area contributed by atoms with Crippen LogP contribution in [-0.2, 0) is 21.1 Å². The molecule has 1 aliphatic rings. The van der Waals surface area contributed by atoms with Crippen molar-refractivity contribution in [3.05, 3.63) is 71.4 Å². The van der Waals surface area contributed by atoms with Crippen molar-refractivity contribution in [1.29, 1.82) is 0 Å². The molecule has 2 N–H and O–H groups in total.